The molecule has 0 aromatic carbocycles. The van der Waals surface area contributed by atoms with E-state index in [2.05, 4.69) is 11.7 Å². The largest absolute Gasteiger partial charge is 0.469 e. The fraction of sp³-hybridized carbons (Fsp3) is 0.867. The van der Waals surface area contributed by atoms with Crippen molar-refractivity contribution in [1.82, 2.24) is 4.90 Å². The predicted octanol–water partition coefficient (Wildman–Crippen LogP) is 3.22. The van der Waals surface area contributed by atoms with Crippen molar-refractivity contribution in [3.8, 4) is 0 Å². The number of carbonyl (C=O) groups is 2. The minimum absolute atomic E-state index is 0.0349. The van der Waals surface area contributed by atoms with Crippen LogP contribution in [-0.4, -0.2) is 43.8 Å². The Labute approximate surface area is 122 Å². The molecule has 0 rings (SSSR count). The second kappa shape index (κ2) is 10.5. The van der Waals surface area contributed by atoms with Crippen molar-refractivity contribution in [2.24, 2.45) is 5.92 Å². The van der Waals surface area contributed by atoms with E-state index in [0.29, 0.717) is 13.0 Å². The van der Waals surface area contributed by atoms with Crippen molar-refractivity contribution in [3.63, 3.8) is 0 Å². The third kappa shape index (κ3) is 6.78. The quantitative estimate of drug-likeness (QED) is 0.482. The van der Waals surface area contributed by atoms with Crippen molar-refractivity contribution < 1.29 is 19.1 Å². The van der Waals surface area contributed by atoms with Crippen molar-refractivity contribution in [3.05, 3.63) is 0 Å². The highest BCUT2D eigenvalue weighted by Gasteiger charge is 2.26. The number of hydrogen-bond donors (Lipinski definition) is 0. The number of amides is 1. The minimum atomic E-state index is -0.328. The van der Waals surface area contributed by atoms with Crippen LogP contribution >= 0.6 is 0 Å². The molecule has 0 spiro atoms. The highest BCUT2D eigenvalue weighted by Crippen LogP contribution is 2.17. The first-order valence-electron chi connectivity index (χ1n) is 7.39. The van der Waals surface area contributed by atoms with E-state index in [-0.39, 0.29) is 24.0 Å². The van der Waals surface area contributed by atoms with Crippen LogP contribution in [0.25, 0.3) is 0 Å². The first kappa shape index (κ1) is 18.7. The van der Waals surface area contributed by atoms with E-state index < -0.39 is 0 Å². The number of carbonyl (C=O) groups excluding carboxylic acids is 2. The number of ether oxygens (including phenoxy) is 2. The van der Waals surface area contributed by atoms with Gasteiger partial charge in [-0.05, 0) is 19.3 Å². The van der Waals surface area contributed by atoms with Gasteiger partial charge in [0, 0.05) is 19.0 Å². The van der Waals surface area contributed by atoms with Crippen molar-refractivity contribution >= 4 is 12.1 Å². The van der Waals surface area contributed by atoms with Gasteiger partial charge in [0.05, 0.1) is 14.2 Å². The van der Waals surface area contributed by atoms with Crippen LogP contribution in [0.15, 0.2) is 0 Å². The Kier molecular flexibility index (Phi) is 9.86. The summed E-state index contributed by atoms with van der Waals surface area (Å²) in [5, 5.41) is 0. The molecule has 0 saturated heterocycles. The zero-order valence-corrected chi connectivity index (χ0v) is 13.5. The molecule has 0 heterocycles. The standard InChI is InChI=1S/C15H29NO4/c1-6-7-8-9-10-16(15(18)20-5)13(3)12(2)11-14(17)19-4/h12-13H,6-11H2,1-5H3. The summed E-state index contributed by atoms with van der Waals surface area (Å²) in [5.41, 5.74) is 0. The molecular formula is C15H29NO4. The molecule has 0 bridgehead atoms. The Balaban J connectivity index is 4.50. The van der Waals surface area contributed by atoms with Crippen LogP contribution in [0.1, 0.15) is 52.9 Å². The Morgan fingerprint density at radius 3 is 2.20 bits per heavy atom. The van der Waals surface area contributed by atoms with Gasteiger partial charge in [-0.15, -0.1) is 0 Å². The van der Waals surface area contributed by atoms with Crippen molar-refractivity contribution in [2.45, 2.75) is 58.9 Å². The van der Waals surface area contributed by atoms with Crippen LogP contribution in [0.5, 0.6) is 0 Å². The molecule has 0 aliphatic carbocycles. The molecule has 0 aromatic rings. The number of esters is 1. The van der Waals surface area contributed by atoms with Gasteiger partial charge in [0.25, 0.3) is 0 Å². The predicted molar refractivity (Wildman–Crippen MR) is 78.5 cm³/mol. The molecule has 5 heteroatoms. The maximum absolute atomic E-state index is 11.9. The van der Waals surface area contributed by atoms with E-state index in [9.17, 15) is 9.59 Å². The summed E-state index contributed by atoms with van der Waals surface area (Å²) in [6.07, 6.45) is 4.36. The maximum Gasteiger partial charge on any atom is 0.409 e. The fourth-order valence-corrected chi connectivity index (χ4v) is 2.11. The average molecular weight is 287 g/mol. The maximum atomic E-state index is 11.9. The van der Waals surface area contributed by atoms with Gasteiger partial charge in [0.15, 0.2) is 0 Å². The molecule has 0 saturated carbocycles. The van der Waals surface area contributed by atoms with Crippen molar-refractivity contribution in [1.29, 1.82) is 0 Å². The van der Waals surface area contributed by atoms with Crippen LogP contribution < -0.4 is 0 Å². The summed E-state index contributed by atoms with van der Waals surface area (Å²) in [4.78, 5) is 24.9. The first-order valence-corrected chi connectivity index (χ1v) is 7.39. The van der Waals surface area contributed by atoms with Gasteiger partial charge in [-0.1, -0.05) is 33.1 Å². The summed E-state index contributed by atoms with van der Waals surface area (Å²) < 4.78 is 9.52. The van der Waals surface area contributed by atoms with Crippen LogP contribution in [0, 0.1) is 5.92 Å². The molecular weight excluding hydrogens is 258 g/mol. The van der Waals surface area contributed by atoms with E-state index in [0.717, 1.165) is 19.3 Å². The highest BCUT2D eigenvalue weighted by atomic mass is 16.5. The number of unbranched alkanes of at least 4 members (excludes halogenated alkanes) is 3. The Bertz CT molecular complexity index is 294. The van der Waals surface area contributed by atoms with Gasteiger partial charge in [-0.2, -0.15) is 0 Å². The molecule has 118 valence electrons. The molecule has 0 aliphatic heterocycles. The summed E-state index contributed by atoms with van der Waals surface area (Å²) in [6.45, 7) is 6.71. The smallest absolute Gasteiger partial charge is 0.409 e. The molecule has 2 atom stereocenters. The van der Waals surface area contributed by atoms with E-state index in [1.54, 1.807) is 4.90 Å². The third-order valence-corrected chi connectivity index (χ3v) is 3.69. The second-order valence-corrected chi connectivity index (χ2v) is 5.22. The van der Waals surface area contributed by atoms with Gasteiger partial charge < -0.3 is 14.4 Å². The lowest BCUT2D eigenvalue weighted by atomic mass is 9.98. The molecule has 5 nitrogen and oxygen atoms in total. The minimum Gasteiger partial charge on any atom is -0.469 e. The second-order valence-electron chi connectivity index (χ2n) is 5.22. The molecule has 0 fully saturated rings. The van der Waals surface area contributed by atoms with Crippen LogP contribution in [0.4, 0.5) is 4.79 Å². The first-order chi connectivity index (χ1) is 9.47. The zero-order valence-electron chi connectivity index (χ0n) is 13.5. The normalized spacial score (nSPS) is 13.4. The summed E-state index contributed by atoms with van der Waals surface area (Å²) in [5.74, 6) is -0.215. The number of methoxy groups -OCH3 is 2. The van der Waals surface area contributed by atoms with E-state index in [4.69, 9.17) is 4.74 Å². The zero-order chi connectivity index (χ0) is 15.5. The molecule has 2 unspecified atom stereocenters. The molecule has 0 radical (unpaired) electrons. The monoisotopic (exact) mass is 287 g/mol. The van der Waals surface area contributed by atoms with E-state index in [1.807, 2.05) is 13.8 Å². The number of rotatable bonds is 9. The van der Waals surface area contributed by atoms with Gasteiger partial charge in [0.1, 0.15) is 0 Å². The van der Waals surface area contributed by atoms with Crippen LogP contribution in [0.3, 0.4) is 0 Å². The van der Waals surface area contributed by atoms with E-state index >= 15 is 0 Å². The SMILES string of the molecule is CCCCCCN(C(=O)OC)C(C)C(C)CC(=O)OC. The average Bonchev–Trinajstić information content (AvgIpc) is 2.45. The summed E-state index contributed by atoms with van der Waals surface area (Å²) in [7, 11) is 2.77. The molecule has 0 aromatic heterocycles. The lowest BCUT2D eigenvalue weighted by Gasteiger charge is -2.31. The summed E-state index contributed by atoms with van der Waals surface area (Å²) >= 11 is 0. The number of hydrogen-bond acceptors (Lipinski definition) is 4. The van der Waals surface area contributed by atoms with Gasteiger partial charge in [-0.25, -0.2) is 4.79 Å². The van der Waals surface area contributed by atoms with Gasteiger partial charge in [0.2, 0.25) is 0 Å². The Morgan fingerprint density at radius 2 is 1.70 bits per heavy atom. The molecule has 1 amide bonds. The third-order valence-electron chi connectivity index (χ3n) is 3.69. The Morgan fingerprint density at radius 1 is 1.05 bits per heavy atom. The van der Waals surface area contributed by atoms with Crippen molar-refractivity contribution in [2.75, 3.05) is 20.8 Å². The Hall–Kier alpha value is -1.26. The molecule has 20 heavy (non-hydrogen) atoms. The lowest BCUT2D eigenvalue weighted by molar-refractivity contribution is -0.142. The lowest BCUT2D eigenvalue weighted by Crippen LogP contribution is -2.43. The van der Waals surface area contributed by atoms with Crippen LogP contribution in [0.2, 0.25) is 0 Å². The molecule has 0 N–H and O–H groups in total. The van der Waals surface area contributed by atoms with Crippen LogP contribution in [-0.2, 0) is 14.3 Å². The topological polar surface area (TPSA) is 55.8 Å². The van der Waals surface area contributed by atoms with E-state index in [1.165, 1.54) is 20.6 Å². The van der Waals surface area contributed by atoms with Gasteiger partial charge >= 0.3 is 12.1 Å². The number of nitrogens with zero attached hydrogens (tertiary/aromatic N) is 1. The molecule has 0 aliphatic rings. The van der Waals surface area contributed by atoms with Gasteiger partial charge in [-0.3, -0.25) is 4.79 Å². The summed E-state index contributed by atoms with van der Waals surface area (Å²) in [6, 6.07) is -0.0526. The highest BCUT2D eigenvalue weighted by molar-refractivity contribution is 5.70. The fourth-order valence-electron chi connectivity index (χ4n) is 2.11.